The lowest BCUT2D eigenvalue weighted by atomic mass is 9.97. The summed E-state index contributed by atoms with van der Waals surface area (Å²) in [6, 6.07) is 7.02. The fourth-order valence-corrected chi connectivity index (χ4v) is 3.06. The molecule has 1 aliphatic rings. The van der Waals surface area contributed by atoms with E-state index in [1.54, 1.807) is 0 Å². The van der Waals surface area contributed by atoms with Gasteiger partial charge in [-0.3, -0.25) is 9.59 Å². The van der Waals surface area contributed by atoms with E-state index < -0.39 is 6.04 Å². The van der Waals surface area contributed by atoms with E-state index in [2.05, 4.69) is 26.6 Å². The van der Waals surface area contributed by atoms with E-state index in [1.807, 2.05) is 24.3 Å². The molecular formula is C15H19BrN2O2. The Morgan fingerprint density at radius 1 is 1.25 bits per heavy atom. The van der Waals surface area contributed by atoms with Gasteiger partial charge in [-0.15, -0.1) is 0 Å². The predicted molar refractivity (Wildman–Crippen MR) is 82.3 cm³/mol. The van der Waals surface area contributed by atoms with Gasteiger partial charge in [0.1, 0.15) is 6.04 Å². The van der Waals surface area contributed by atoms with Crippen molar-refractivity contribution in [3.63, 3.8) is 0 Å². The van der Waals surface area contributed by atoms with E-state index in [-0.39, 0.29) is 17.7 Å². The van der Waals surface area contributed by atoms with E-state index in [0.29, 0.717) is 0 Å². The van der Waals surface area contributed by atoms with Crippen molar-refractivity contribution in [3.05, 3.63) is 28.7 Å². The lowest BCUT2D eigenvalue weighted by Crippen LogP contribution is -2.47. The molecule has 1 aliphatic carbocycles. The second-order valence-electron chi connectivity index (χ2n) is 5.19. The van der Waals surface area contributed by atoms with Gasteiger partial charge in [-0.1, -0.05) is 25.0 Å². The molecule has 0 aliphatic heterocycles. The first kappa shape index (κ1) is 15.0. The largest absolute Gasteiger partial charge is 0.344 e. The summed E-state index contributed by atoms with van der Waals surface area (Å²) in [4.78, 5) is 23.8. The molecule has 1 aromatic rings. The molecule has 0 heterocycles. The Labute approximate surface area is 127 Å². The molecule has 2 rings (SSSR count). The molecule has 108 valence electrons. The van der Waals surface area contributed by atoms with Gasteiger partial charge in [-0.2, -0.15) is 0 Å². The number of carbonyl (C=O) groups is 2. The molecule has 0 radical (unpaired) electrons. The van der Waals surface area contributed by atoms with Gasteiger partial charge in [0.15, 0.2) is 0 Å². The lowest BCUT2D eigenvalue weighted by molar-refractivity contribution is -0.126. The minimum absolute atomic E-state index is 0.140. The number of para-hydroxylation sites is 1. The van der Waals surface area contributed by atoms with Gasteiger partial charge in [-0.25, -0.2) is 0 Å². The zero-order valence-corrected chi connectivity index (χ0v) is 13.1. The molecule has 2 N–H and O–H groups in total. The van der Waals surface area contributed by atoms with Crippen LogP contribution < -0.4 is 10.6 Å². The van der Waals surface area contributed by atoms with Crippen molar-refractivity contribution in [1.29, 1.82) is 0 Å². The first-order valence-corrected chi connectivity index (χ1v) is 7.69. The topological polar surface area (TPSA) is 58.2 Å². The molecule has 0 spiro atoms. The van der Waals surface area contributed by atoms with Gasteiger partial charge in [-0.05, 0) is 46.8 Å². The quantitative estimate of drug-likeness (QED) is 0.886. The number of hydrogen-bond acceptors (Lipinski definition) is 2. The van der Waals surface area contributed by atoms with Crippen LogP contribution in [-0.4, -0.2) is 17.9 Å². The van der Waals surface area contributed by atoms with Crippen molar-refractivity contribution in [3.8, 4) is 0 Å². The van der Waals surface area contributed by atoms with Gasteiger partial charge in [0.25, 0.3) is 0 Å². The van der Waals surface area contributed by atoms with Crippen LogP contribution in [0, 0.1) is 5.92 Å². The molecule has 1 aromatic carbocycles. The maximum absolute atomic E-state index is 12.4. The molecule has 1 atom stereocenters. The maximum Gasteiger partial charge on any atom is 0.247 e. The fraction of sp³-hybridized carbons (Fsp3) is 0.467. The van der Waals surface area contributed by atoms with Crippen LogP contribution in [-0.2, 0) is 9.59 Å². The van der Waals surface area contributed by atoms with Crippen LogP contribution in [0.1, 0.15) is 32.6 Å². The van der Waals surface area contributed by atoms with Crippen LogP contribution in [0.15, 0.2) is 28.7 Å². The standard InChI is InChI=1S/C15H19BrN2O2/c1-10(19)17-14(11-6-2-3-7-11)15(20)18-13-9-5-4-8-12(13)16/h4-5,8-9,11,14H,2-3,6-7H2,1H3,(H,17,19)(H,18,20)/t14-/m0/s1. The van der Waals surface area contributed by atoms with Gasteiger partial charge < -0.3 is 10.6 Å². The Kier molecular flexibility index (Phi) is 5.17. The summed E-state index contributed by atoms with van der Waals surface area (Å²) in [7, 11) is 0. The van der Waals surface area contributed by atoms with Crippen molar-refractivity contribution in [2.24, 2.45) is 5.92 Å². The molecule has 0 saturated heterocycles. The molecule has 0 bridgehead atoms. The second kappa shape index (κ2) is 6.88. The average Bonchev–Trinajstić information content (AvgIpc) is 2.92. The summed E-state index contributed by atoms with van der Waals surface area (Å²) in [5, 5.41) is 5.69. The number of rotatable bonds is 4. The highest BCUT2D eigenvalue weighted by atomic mass is 79.9. The molecule has 0 unspecified atom stereocenters. The first-order valence-electron chi connectivity index (χ1n) is 6.90. The highest BCUT2D eigenvalue weighted by Gasteiger charge is 2.31. The molecule has 20 heavy (non-hydrogen) atoms. The number of anilines is 1. The van der Waals surface area contributed by atoms with E-state index >= 15 is 0 Å². The molecular weight excluding hydrogens is 320 g/mol. The van der Waals surface area contributed by atoms with E-state index in [1.165, 1.54) is 6.92 Å². The molecule has 4 nitrogen and oxygen atoms in total. The van der Waals surface area contributed by atoms with Crippen LogP contribution in [0.3, 0.4) is 0 Å². The smallest absolute Gasteiger partial charge is 0.247 e. The van der Waals surface area contributed by atoms with Crippen molar-refractivity contribution in [2.75, 3.05) is 5.32 Å². The highest BCUT2D eigenvalue weighted by molar-refractivity contribution is 9.10. The summed E-state index contributed by atoms with van der Waals surface area (Å²) in [6.07, 6.45) is 4.24. The summed E-state index contributed by atoms with van der Waals surface area (Å²) in [5.74, 6) is -0.0652. The Morgan fingerprint density at radius 2 is 1.90 bits per heavy atom. The zero-order valence-electron chi connectivity index (χ0n) is 11.5. The molecule has 1 saturated carbocycles. The first-order chi connectivity index (χ1) is 9.58. The third-order valence-electron chi connectivity index (χ3n) is 3.64. The SMILES string of the molecule is CC(=O)N[C@H](C(=O)Nc1ccccc1Br)C1CCCC1. The average molecular weight is 339 g/mol. The summed E-state index contributed by atoms with van der Waals surface area (Å²) in [5.41, 5.74) is 0.728. The highest BCUT2D eigenvalue weighted by Crippen LogP contribution is 2.29. The van der Waals surface area contributed by atoms with Crippen LogP contribution >= 0.6 is 15.9 Å². The molecule has 0 aromatic heterocycles. The van der Waals surface area contributed by atoms with Crippen molar-refractivity contribution in [2.45, 2.75) is 38.6 Å². The molecule has 2 amide bonds. The second-order valence-corrected chi connectivity index (χ2v) is 6.05. The number of nitrogens with one attached hydrogen (secondary N) is 2. The van der Waals surface area contributed by atoms with Crippen LogP contribution in [0.4, 0.5) is 5.69 Å². The van der Waals surface area contributed by atoms with E-state index in [4.69, 9.17) is 0 Å². The number of benzene rings is 1. The Hall–Kier alpha value is -1.36. The summed E-state index contributed by atoms with van der Waals surface area (Å²) in [6.45, 7) is 1.45. The Morgan fingerprint density at radius 3 is 2.50 bits per heavy atom. The number of amides is 2. The van der Waals surface area contributed by atoms with Crippen LogP contribution in [0.25, 0.3) is 0 Å². The minimum atomic E-state index is -0.442. The van der Waals surface area contributed by atoms with Crippen molar-refractivity contribution in [1.82, 2.24) is 5.32 Å². The zero-order chi connectivity index (χ0) is 14.5. The number of hydrogen-bond donors (Lipinski definition) is 2. The van der Waals surface area contributed by atoms with Gasteiger partial charge in [0.2, 0.25) is 11.8 Å². The maximum atomic E-state index is 12.4. The van der Waals surface area contributed by atoms with Crippen LogP contribution in [0.5, 0.6) is 0 Å². The summed E-state index contributed by atoms with van der Waals surface area (Å²) < 4.78 is 0.835. The van der Waals surface area contributed by atoms with Gasteiger partial charge in [0, 0.05) is 11.4 Å². The normalized spacial score (nSPS) is 16.7. The molecule has 5 heteroatoms. The third-order valence-corrected chi connectivity index (χ3v) is 4.34. The minimum Gasteiger partial charge on any atom is -0.344 e. The fourth-order valence-electron chi connectivity index (χ4n) is 2.68. The number of carbonyl (C=O) groups excluding carboxylic acids is 2. The van der Waals surface area contributed by atoms with Gasteiger partial charge in [0.05, 0.1) is 5.69 Å². The van der Waals surface area contributed by atoms with Crippen LogP contribution in [0.2, 0.25) is 0 Å². The third kappa shape index (κ3) is 3.82. The van der Waals surface area contributed by atoms with E-state index in [9.17, 15) is 9.59 Å². The van der Waals surface area contributed by atoms with E-state index in [0.717, 1.165) is 35.8 Å². The number of halogens is 1. The monoisotopic (exact) mass is 338 g/mol. The Bertz CT molecular complexity index is 498. The van der Waals surface area contributed by atoms with Gasteiger partial charge >= 0.3 is 0 Å². The van der Waals surface area contributed by atoms with Crippen molar-refractivity contribution >= 4 is 33.4 Å². The summed E-state index contributed by atoms with van der Waals surface area (Å²) >= 11 is 3.41. The predicted octanol–water partition coefficient (Wildman–Crippen LogP) is 3.08. The van der Waals surface area contributed by atoms with Crippen molar-refractivity contribution < 1.29 is 9.59 Å². The Balaban J connectivity index is 2.09. The lowest BCUT2D eigenvalue weighted by Gasteiger charge is -2.23. The molecule has 1 fully saturated rings.